The van der Waals surface area contributed by atoms with Crippen LogP contribution >= 0.6 is 0 Å². The largest absolute Gasteiger partial charge is 0.396 e. The van der Waals surface area contributed by atoms with E-state index in [1.165, 1.54) is 6.20 Å². The molecule has 0 saturated carbocycles. The van der Waals surface area contributed by atoms with Gasteiger partial charge in [-0.2, -0.15) is 5.10 Å². The summed E-state index contributed by atoms with van der Waals surface area (Å²) in [6.07, 6.45) is -3.05. The molecule has 0 aromatic carbocycles. The van der Waals surface area contributed by atoms with E-state index < -0.39 is 12.7 Å². The Kier molecular flexibility index (Phi) is 2.68. The summed E-state index contributed by atoms with van der Waals surface area (Å²) in [5.74, 6) is 0.00845. The van der Waals surface area contributed by atoms with Gasteiger partial charge in [-0.05, 0) is 24.3 Å². The highest BCUT2D eigenvalue weighted by Gasteiger charge is 2.31. The molecule has 2 unspecified atom stereocenters. The predicted octanol–water partition coefficient (Wildman–Crippen LogP) is 1.32. The van der Waals surface area contributed by atoms with Crippen LogP contribution in [0.1, 0.15) is 17.6 Å². The SMILES string of the molecule is OCC1Cc2cnn(C(F)C(F)F)c2C1. The molecule has 1 heterocycles. The first-order valence-corrected chi connectivity index (χ1v) is 4.71. The summed E-state index contributed by atoms with van der Waals surface area (Å²) < 4.78 is 38.1. The Morgan fingerprint density at radius 3 is 2.80 bits per heavy atom. The van der Waals surface area contributed by atoms with Gasteiger partial charge >= 0.3 is 0 Å². The number of rotatable bonds is 3. The first-order chi connectivity index (χ1) is 7.13. The molecule has 2 rings (SSSR count). The maximum atomic E-state index is 13.1. The third kappa shape index (κ3) is 1.73. The van der Waals surface area contributed by atoms with Gasteiger partial charge < -0.3 is 5.11 Å². The van der Waals surface area contributed by atoms with Crippen molar-refractivity contribution >= 4 is 0 Å². The maximum Gasteiger partial charge on any atom is 0.289 e. The first kappa shape index (κ1) is 10.5. The van der Waals surface area contributed by atoms with E-state index in [4.69, 9.17) is 5.11 Å². The lowest BCUT2D eigenvalue weighted by molar-refractivity contribution is -0.00106. The van der Waals surface area contributed by atoms with Gasteiger partial charge in [0.2, 0.25) is 0 Å². The lowest BCUT2D eigenvalue weighted by Crippen LogP contribution is -2.17. The molecule has 1 N–H and O–H groups in total. The van der Waals surface area contributed by atoms with Crippen LogP contribution in [0, 0.1) is 5.92 Å². The first-order valence-electron chi connectivity index (χ1n) is 4.71. The van der Waals surface area contributed by atoms with Crippen LogP contribution in [-0.2, 0) is 12.8 Å². The summed E-state index contributed by atoms with van der Waals surface area (Å²) in [7, 11) is 0. The molecule has 0 fully saturated rings. The number of aromatic nitrogens is 2. The molecule has 1 aromatic heterocycles. The van der Waals surface area contributed by atoms with E-state index in [9.17, 15) is 13.2 Å². The fourth-order valence-corrected chi connectivity index (χ4v) is 1.92. The van der Waals surface area contributed by atoms with Gasteiger partial charge in [-0.1, -0.05) is 0 Å². The molecule has 0 bridgehead atoms. The monoisotopic (exact) mass is 220 g/mol. The molecular weight excluding hydrogens is 209 g/mol. The average molecular weight is 220 g/mol. The lowest BCUT2D eigenvalue weighted by atomic mass is 10.1. The predicted molar refractivity (Wildman–Crippen MR) is 46.4 cm³/mol. The van der Waals surface area contributed by atoms with Crippen LogP contribution in [0.25, 0.3) is 0 Å². The molecule has 3 nitrogen and oxygen atoms in total. The van der Waals surface area contributed by atoms with Crippen molar-refractivity contribution in [3.63, 3.8) is 0 Å². The molecule has 84 valence electrons. The second-order valence-electron chi connectivity index (χ2n) is 3.73. The van der Waals surface area contributed by atoms with E-state index in [-0.39, 0.29) is 12.5 Å². The molecule has 2 atom stereocenters. The molecule has 1 aliphatic rings. The third-order valence-electron chi connectivity index (χ3n) is 2.68. The molecule has 0 amide bonds. The highest BCUT2D eigenvalue weighted by molar-refractivity contribution is 5.24. The van der Waals surface area contributed by atoms with Crippen molar-refractivity contribution in [3.8, 4) is 0 Å². The van der Waals surface area contributed by atoms with E-state index in [1.807, 2.05) is 0 Å². The number of halogens is 3. The van der Waals surface area contributed by atoms with Gasteiger partial charge in [-0.15, -0.1) is 0 Å². The number of hydrogen-bond donors (Lipinski definition) is 1. The smallest absolute Gasteiger partial charge is 0.289 e. The van der Waals surface area contributed by atoms with E-state index in [0.29, 0.717) is 18.5 Å². The summed E-state index contributed by atoms with van der Waals surface area (Å²) >= 11 is 0. The second-order valence-corrected chi connectivity index (χ2v) is 3.73. The highest BCUT2D eigenvalue weighted by Crippen LogP contribution is 2.30. The minimum absolute atomic E-state index is 0.00845. The standard InChI is InChI=1S/C9H11F3N2O/c10-8(11)9(12)14-7-2-5(4-15)1-6(7)3-13-14/h3,5,8-9,15H,1-2,4H2. The van der Waals surface area contributed by atoms with Crippen LogP contribution in [0.3, 0.4) is 0 Å². The van der Waals surface area contributed by atoms with Crippen LogP contribution in [-0.4, -0.2) is 27.9 Å². The Morgan fingerprint density at radius 2 is 2.20 bits per heavy atom. The van der Waals surface area contributed by atoms with Gasteiger partial charge in [0.15, 0.2) is 0 Å². The molecule has 1 aliphatic carbocycles. The molecule has 0 aliphatic heterocycles. The Bertz CT molecular complexity index is 353. The second kappa shape index (κ2) is 3.84. The van der Waals surface area contributed by atoms with E-state index in [1.54, 1.807) is 0 Å². The van der Waals surface area contributed by atoms with Crippen LogP contribution in [0.4, 0.5) is 13.2 Å². The summed E-state index contributed by atoms with van der Waals surface area (Å²) in [6.45, 7) is -0.0136. The molecular formula is C9H11F3N2O. The fraction of sp³-hybridized carbons (Fsp3) is 0.667. The molecule has 0 spiro atoms. The minimum Gasteiger partial charge on any atom is -0.396 e. The molecule has 1 aromatic rings. The number of alkyl halides is 3. The van der Waals surface area contributed by atoms with Crippen molar-refractivity contribution in [1.82, 2.24) is 9.78 Å². The maximum absolute atomic E-state index is 13.1. The van der Waals surface area contributed by atoms with Crippen molar-refractivity contribution in [1.29, 1.82) is 0 Å². The molecule has 0 radical (unpaired) electrons. The zero-order valence-electron chi connectivity index (χ0n) is 7.91. The molecule has 15 heavy (non-hydrogen) atoms. The summed E-state index contributed by atoms with van der Waals surface area (Å²) in [6, 6.07) is 0. The summed E-state index contributed by atoms with van der Waals surface area (Å²) in [5, 5.41) is 12.5. The Hall–Kier alpha value is -1.04. The Balaban J connectivity index is 2.23. The van der Waals surface area contributed by atoms with Gasteiger partial charge in [0.1, 0.15) is 0 Å². The van der Waals surface area contributed by atoms with Crippen LogP contribution in [0.15, 0.2) is 6.20 Å². The number of aliphatic hydroxyl groups is 1. The topological polar surface area (TPSA) is 38.1 Å². The van der Waals surface area contributed by atoms with Crippen molar-refractivity contribution in [2.24, 2.45) is 5.92 Å². The van der Waals surface area contributed by atoms with Gasteiger partial charge in [-0.25, -0.2) is 17.9 Å². The number of fused-ring (bicyclic) bond motifs is 1. The number of nitrogens with zero attached hydrogens (tertiary/aromatic N) is 2. The van der Waals surface area contributed by atoms with E-state index in [0.717, 1.165) is 10.2 Å². The lowest BCUT2D eigenvalue weighted by Gasteiger charge is -2.11. The van der Waals surface area contributed by atoms with E-state index >= 15 is 0 Å². The number of aliphatic hydroxyl groups excluding tert-OH is 1. The van der Waals surface area contributed by atoms with Crippen molar-refractivity contribution in [2.45, 2.75) is 25.6 Å². The molecule has 6 heteroatoms. The van der Waals surface area contributed by atoms with Crippen molar-refractivity contribution in [2.75, 3.05) is 6.61 Å². The van der Waals surface area contributed by atoms with Gasteiger partial charge in [0.25, 0.3) is 12.7 Å². The average Bonchev–Trinajstić information content (AvgIpc) is 2.74. The normalized spacial score (nSPS) is 22.1. The molecule has 0 saturated heterocycles. The quantitative estimate of drug-likeness (QED) is 0.834. The summed E-state index contributed by atoms with van der Waals surface area (Å²) in [4.78, 5) is 0. The minimum atomic E-state index is -3.07. The Morgan fingerprint density at radius 1 is 1.47 bits per heavy atom. The number of hydrogen-bond acceptors (Lipinski definition) is 2. The summed E-state index contributed by atoms with van der Waals surface area (Å²) in [5.41, 5.74) is 1.25. The zero-order chi connectivity index (χ0) is 11.0. The van der Waals surface area contributed by atoms with Crippen LogP contribution in [0.5, 0.6) is 0 Å². The highest BCUT2D eigenvalue weighted by atomic mass is 19.3. The zero-order valence-corrected chi connectivity index (χ0v) is 7.91. The van der Waals surface area contributed by atoms with Crippen molar-refractivity contribution < 1.29 is 18.3 Å². The van der Waals surface area contributed by atoms with Gasteiger partial charge in [-0.3, -0.25) is 0 Å². The van der Waals surface area contributed by atoms with Crippen LogP contribution in [0.2, 0.25) is 0 Å². The fourth-order valence-electron chi connectivity index (χ4n) is 1.92. The van der Waals surface area contributed by atoms with Crippen molar-refractivity contribution in [3.05, 3.63) is 17.5 Å². The third-order valence-corrected chi connectivity index (χ3v) is 2.68. The van der Waals surface area contributed by atoms with E-state index in [2.05, 4.69) is 5.10 Å². The van der Waals surface area contributed by atoms with Gasteiger partial charge in [0, 0.05) is 12.3 Å². The van der Waals surface area contributed by atoms with Crippen LogP contribution < -0.4 is 0 Å². The van der Waals surface area contributed by atoms with Gasteiger partial charge in [0.05, 0.1) is 6.20 Å². The Labute approximate surface area is 84.5 Å².